The molecule has 0 aromatic heterocycles. The van der Waals surface area contributed by atoms with Gasteiger partial charge in [0.15, 0.2) is 0 Å². The van der Waals surface area contributed by atoms with Gasteiger partial charge in [-0.3, -0.25) is 4.79 Å². The van der Waals surface area contributed by atoms with Crippen molar-refractivity contribution in [2.75, 3.05) is 14.2 Å². The number of esters is 2. The molecule has 0 bridgehead atoms. The van der Waals surface area contributed by atoms with Crippen molar-refractivity contribution in [3.8, 4) is 0 Å². The molecule has 0 unspecified atom stereocenters. The first-order valence-corrected chi connectivity index (χ1v) is 5.28. The van der Waals surface area contributed by atoms with Crippen molar-refractivity contribution in [3.63, 3.8) is 0 Å². The molecule has 6 nitrogen and oxygen atoms in total. The fourth-order valence-corrected chi connectivity index (χ4v) is 1.75. The molecule has 1 aliphatic rings. The van der Waals surface area contributed by atoms with E-state index in [1.807, 2.05) is 0 Å². The summed E-state index contributed by atoms with van der Waals surface area (Å²) in [6, 6.07) is 0. The van der Waals surface area contributed by atoms with E-state index in [1.165, 1.54) is 14.2 Å². The molecular formula is C12H14O6. The number of hydrogen-bond acceptors (Lipinski definition) is 5. The second-order valence-corrected chi connectivity index (χ2v) is 3.75. The molecule has 98 valence electrons. The van der Waals surface area contributed by atoms with Crippen LogP contribution >= 0.6 is 0 Å². The maximum Gasteiger partial charge on any atom is 0.334 e. The van der Waals surface area contributed by atoms with Gasteiger partial charge in [-0.2, -0.15) is 0 Å². The Balaban J connectivity index is 2.98. The monoisotopic (exact) mass is 254 g/mol. The smallest absolute Gasteiger partial charge is 0.334 e. The van der Waals surface area contributed by atoms with Gasteiger partial charge in [0.25, 0.3) is 0 Å². The third-order valence-corrected chi connectivity index (χ3v) is 2.60. The molecule has 0 heterocycles. The Kier molecular flexibility index (Phi) is 4.65. The highest BCUT2D eigenvalue weighted by atomic mass is 16.5. The first kappa shape index (κ1) is 14.0. The molecule has 0 atom stereocenters. The second kappa shape index (κ2) is 6.00. The summed E-state index contributed by atoms with van der Waals surface area (Å²) in [5.74, 6) is -2.21. The molecule has 1 N–H and O–H groups in total. The van der Waals surface area contributed by atoms with Gasteiger partial charge in [0.05, 0.1) is 31.8 Å². The van der Waals surface area contributed by atoms with Crippen LogP contribution in [0.2, 0.25) is 0 Å². The largest absolute Gasteiger partial charge is 0.481 e. The Morgan fingerprint density at radius 2 is 1.72 bits per heavy atom. The van der Waals surface area contributed by atoms with E-state index in [0.29, 0.717) is 5.57 Å². The minimum atomic E-state index is -0.980. The van der Waals surface area contributed by atoms with Crippen molar-refractivity contribution in [1.82, 2.24) is 0 Å². The van der Waals surface area contributed by atoms with Crippen molar-refractivity contribution in [2.45, 2.75) is 19.3 Å². The minimum absolute atomic E-state index is 0.101. The molecule has 0 aromatic carbocycles. The Morgan fingerprint density at radius 3 is 2.22 bits per heavy atom. The number of methoxy groups -OCH3 is 2. The predicted octanol–water partition coefficient (Wildman–Crippen LogP) is 0.824. The quantitative estimate of drug-likeness (QED) is 0.590. The van der Waals surface area contributed by atoms with Gasteiger partial charge in [-0.15, -0.1) is 0 Å². The van der Waals surface area contributed by atoms with Crippen LogP contribution in [0.1, 0.15) is 19.3 Å². The predicted molar refractivity (Wildman–Crippen MR) is 60.6 cm³/mol. The van der Waals surface area contributed by atoms with Crippen LogP contribution in [0, 0.1) is 0 Å². The second-order valence-electron chi connectivity index (χ2n) is 3.75. The van der Waals surface area contributed by atoms with Crippen LogP contribution in [0.5, 0.6) is 0 Å². The summed E-state index contributed by atoms with van der Waals surface area (Å²) in [4.78, 5) is 33.7. The maximum atomic E-state index is 11.6. The normalized spacial score (nSPS) is 14.9. The highest BCUT2D eigenvalue weighted by Crippen LogP contribution is 2.28. The molecule has 0 aliphatic heterocycles. The Morgan fingerprint density at radius 1 is 1.17 bits per heavy atom. The zero-order valence-electron chi connectivity index (χ0n) is 10.2. The summed E-state index contributed by atoms with van der Waals surface area (Å²) in [6.07, 6.45) is 1.75. The van der Waals surface area contributed by atoms with E-state index in [4.69, 9.17) is 5.11 Å². The van der Waals surface area contributed by atoms with Gasteiger partial charge in [-0.25, -0.2) is 9.59 Å². The molecule has 0 aromatic rings. The van der Waals surface area contributed by atoms with E-state index in [1.54, 1.807) is 6.08 Å². The fourth-order valence-electron chi connectivity index (χ4n) is 1.75. The van der Waals surface area contributed by atoms with Gasteiger partial charge in [0.2, 0.25) is 0 Å². The SMILES string of the molecule is COC(=O)C1=C(C(=O)OC)CC(CC(=O)O)=CC1. The highest BCUT2D eigenvalue weighted by molar-refractivity contribution is 6.01. The van der Waals surface area contributed by atoms with Gasteiger partial charge < -0.3 is 14.6 Å². The third kappa shape index (κ3) is 3.19. The van der Waals surface area contributed by atoms with E-state index in [-0.39, 0.29) is 30.4 Å². The Bertz CT molecular complexity index is 443. The lowest BCUT2D eigenvalue weighted by molar-refractivity contribution is -0.139. The molecule has 0 fully saturated rings. The number of ether oxygens (including phenoxy) is 2. The van der Waals surface area contributed by atoms with Gasteiger partial charge >= 0.3 is 17.9 Å². The first-order valence-electron chi connectivity index (χ1n) is 5.28. The third-order valence-electron chi connectivity index (χ3n) is 2.60. The number of carboxylic acids is 1. The van der Waals surface area contributed by atoms with Crippen molar-refractivity contribution in [3.05, 3.63) is 22.8 Å². The van der Waals surface area contributed by atoms with E-state index in [0.717, 1.165) is 0 Å². The van der Waals surface area contributed by atoms with E-state index in [2.05, 4.69) is 9.47 Å². The lowest BCUT2D eigenvalue weighted by Gasteiger charge is -2.17. The molecule has 0 spiro atoms. The van der Waals surface area contributed by atoms with Gasteiger partial charge in [-0.1, -0.05) is 11.6 Å². The summed E-state index contributed by atoms with van der Waals surface area (Å²) in [5, 5.41) is 8.70. The molecule has 0 saturated carbocycles. The number of rotatable bonds is 4. The summed E-state index contributed by atoms with van der Waals surface area (Å²) in [5.41, 5.74) is 0.970. The van der Waals surface area contributed by atoms with Crippen LogP contribution in [0.25, 0.3) is 0 Å². The maximum absolute atomic E-state index is 11.6. The first-order chi connectivity index (χ1) is 8.49. The van der Waals surface area contributed by atoms with Gasteiger partial charge in [0, 0.05) is 6.42 Å². The molecule has 6 heteroatoms. The molecule has 0 saturated heterocycles. The number of allylic oxidation sites excluding steroid dienone is 1. The summed E-state index contributed by atoms with van der Waals surface area (Å²) < 4.78 is 9.17. The molecule has 1 rings (SSSR count). The van der Waals surface area contributed by atoms with Crippen LogP contribution in [0.15, 0.2) is 22.8 Å². The average Bonchev–Trinajstić information content (AvgIpc) is 2.36. The molecule has 18 heavy (non-hydrogen) atoms. The standard InChI is InChI=1S/C12H14O6/c1-17-11(15)8-4-3-7(6-10(13)14)5-9(8)12(16)18-2/h3H,4-6H2,1-2H3,(H,13,14). The lowest BCUT2D eigenvalue weighted by Crippen LogP contribution is -2.18. The van der Waals surface area contributed by atoms with E-state index >= 15 is 0 Å². The topological polar surface area (TPSA) is 89.9 Å². The molecule has 0 radical (unpaired) electrons. The van der Waals surface area contributed by atoms with Gasteiger partial charge in [-0.05, 0) is 6.42 Å². The van der Waals surface area contributed by atoms with E-state index < -0.39 is 17.9 Å². The van der Waals surface area contributed by atoms with Crippen molar-refractivity contribution in [2.24, 2.45) is 0 Å². The number of carboxylic acid groups (broad SMARTS) is 1. The molecular weight excluding hydrogens is 240 g/mol. The van der Waals surface area contributed by atoms with Crippen LogP contribution in [0.3, 0.4) is 0 Å². The van der Waals surface area contributed by atoms with Crippen molar-refractivity contribution >= 4 is 17.9 Å². The number of aliphatic carboxylic acids is 1. The zero-order chi connectivity index (χ0) is 13.7. The lowest BCUT2D eigenvalue weighted by atomic mass is 9.90. The highest BCUT2D eigenvalue weighted by Gasteiger charge is 2.26. The summed E-state index contributed by atoms with van der Waals surface area (Å²) >= 11 is 0. The Labute approximate surface area is 104 Å². The molecule has 0 amide bonds. The van der Waals surface area contributed by atoms with Crippen LogP contribution in [-0.4, -0.2) is 37.2 Å². The molecule has 1 aliphatic carbocycles. The Hall–Kier alpha value is -2.11. The van der Waals surface area contributed by atoms with E-state index in [9.17, 15) is 14.4 Å². The van der Waals surface area contributed by atoms with Crippen LogP contribution < -0.4 is 0 Å². The summed E-state index contributed by atoms with van der Waals surface area (Å²) in [7, 11) is 2.43. The average molecular weight is 254 g/mol. The van der Waals surface area contributed by atoms with Crippen molar-refractivity contribution in [1.29, 1.82) is 0 Å². The number of hydrogen-bond donors (Lipinski definition) is 1. The number of carbonyl (C=O) groups excluding carboxylic acids is 2. The summed E-state index contributed by atoms with van der Waals surface area (Å²) in [6.45, 7) is 0. The van der Waals surface area contributed by atoms with Crippen LogP contribution in [-0.2, 0) is 23.9 Å². The minimum Gasteiger partial charge on any atom is -0.481 e. The number of carbonyl (C=O) groups is 3. The van der Waals surface area contributed by atoms with Crippen LogP contribution in [0.4, 0.5) is 0 Å². The fraction of sp³-hybridized carbons (Fsp3) is 0.417. The van der Waals surface area contributed by atoms with Gasteiger partial charge in [0.1, 0.15) is 0 Å². The van der Waals surface area contributed by atoms with Crippen molar-refractivity contribution < 1.29 is 29.0 Å². The zero-order valence-corrected chi connectivity index (χ0v) is 10.2.